The van der Waals surface area contributed by atoms with Crippen molar-refractivity contribution in [3.05, 3.63) is 77.1 Å². The molecule has 1 aromatic heterocycles. The second kappa shape index (κ2) is 12.4. The van der Waals surface area contributed by atoms with Crippen molar-refractivity contribution in [1.82, 2.24) is 15.2 Å². The average molecular weight is 557 g/mol. The minimum atomic E-state index is -4.56. The first-order chi connectivity index (χ1) is 19.0. The number of carbonyl (C=O) groups excluding carboxylic acids is 2. The van der Waals surface area contributed by atoms with E-state index in [0.29, 0.717) is 37.3 Å². The Labute approximate surface area is 230 Å². The summed E-state index contributed by atoms with van der Waals surface area (Å²) in [4.78, 5) is 31.0. The number of hydrogen-bond acceptors (Lipinski definition) is 6. The number of aryl methyl sites for hydroxylation is 1. The number of benzene rings is 2. The Hall–Kier alpha value is -4.12. The molecule has 11 heteroatoms. The summed E-state index contributed by atoms with van der Waals surface area (Å²) in [6.07, 6.45) is -1.50. The molecule has 0 radical (unpaired) electrons. The molecular formula is C29H31F3N4O4. The zero-order chi connectivity index (χ0) is 28.9. The molecule has 0 saturated heterocycles. The van der Waals surface area contributed by atoms with Gasteiger partial charge >= 0.3 is 6.18 Å². The number of pyridine rings is 1. The van der Waals surface area contributed by atoms with Gasteiger partial charge in [-0.2, -0.15) is 13.2 Å². The van der Waals surface area contributed by atoms with E-state index in [2.05, 4.69) is 15.6 Å². The van der Waals surface area contributed by atoms with E-state index < -0.39 is 17.7 Å². The van der Waals surface area contributed by atoms with Crippen LogP contribution in [0.5, 0.6) is 17.2 Å². The highest BCUT2D eigenvalue weighted by molar-refractivity contribution is 5.94. The van der Waals surface area contributed by atoms with Crippen LogP contribution in [0.4, 0.5) is 18.9 Å². The summed E-state index contributed by atoms with van der Waals surface area (Å²) < 4.78 is 51.8. The molecule has 1 unspecified atom stereocenters. The number of hydrogen-bond donors (Lipinski definition) is 2. The van der Waals surface area contributed by atoms with Gasteiger partial charge in [0.05, 0.1) is 11.3 Å². The van der Waals surface area contributed by atoms with E-state index in [1.807, 2.05) is 37.2 Å². The smallest absolute Gasteiger partial charge is 0.416 e. The maximum absolute atomic E-state index is 13.4. The van der Waals surface area contributed by atoms with Crippen LogP contribution in [-0.4, -0.2) is 56.0 Å². The molecule has 0 aliphatic heterocycles. The summed E-state index contributed by atoms with van der Waals surface area (Å²) in [5.74, 6) is -0.0144. The van der Waals surface area contributed by atoms with Crippen molar-refractivity contribution < 1.29 is 32.2 Å². The van der Waals surface area contributed by atoms with Gasteiger partial charge in [0.2, 0.25) is 5.91 Å². The zero-order valence-corrected chi connectivity index (χ0v) is 22.5. The maximum Gasteiger partial charge on any atom is 0.416 e. The fraction of sp³-hybridized carbons (Fsp3) is 0.345. The van der Waals surface area contributed by atoms with Crippen LogP contribution in [0.15, 0.2) is 54.7 Å². The molecule has 2 aromatic carbocycles. The molecule has 3 aromatic rings. The first-order valence-corrected chi connectivity index (χ1v) is 12.8. The monoisotopic (exact) mass is 556 g/mol. The van der Waals surface area contributed by atoms with Crippen molar-refractivity contribution in [3.8, 4) is 17.2 Å². The predicted molar refractivity (Wildman–Crippen MR) is 144 cm³/mol. The van der Waals surface area contributed by atoms with Crippen LogP contribution >= 0.6 is 0 Å². The number of carbonyl (C=O) groups is 2. The molecule has 1 aliphatic rings. The number of likely N-dealkylation sites (N-methyl/N-ethyl adjacent to an activating group) is 1. The van der Waals surface area contributed by atoms with E-state index in [1.54, 1.807) is 6.07 Å². The van der Waals surface area contributed by atoms with E-state index in [0.717, 1.165) is 23.3 Å². The molecule has 0 spiro atoms. The number of amides is 2. The van der Waals surface area contributed by atoms with Gasteiger partial charge < -0.3 is 25.0 Å². The molecule has 4 rings (SSSR count). The van der Waals surface area contributed by atoms with Crippen LogP contribution in [0.2, 0.25) is 0 Å². The lowest BCUT2D eigenvalue weighted by atomic mass is 9.83. The Morgan fingerprint density at radius 3 is 2.55 bits per heavy atom. The lowest BCUT2D eigenvalue weighted by Crippen LogP contribution is -2.28. The number of nitrogens with one attached hydrogen (secondary N) is 2. The van der Waals surface area contributed by atoms with Crippen LogP contribution in [0.1, 0.15) is 33.6 Å². The molecule has 8 nitrogen and oxygen atoms in total. The van der Waals surface area contributed by atoms with Gasteiger partial charge in [0, 0.05) is 31.8 Å². The molecule has 0 fully saturated rings. The van der Waals surface area contributed by atoms with Crippen molar-refractivity contribution in [3.63, 3.8) is 0 Å². The maximum atomic E-state index is 13.4. The summed E-state index contributed by atoms with van der Waals surface area (Å²) in [5.41, 5.74) is 1.33. The Morgan fingerprint density at radius 1 is 1.05 bits per heavy atom. The Bertz CT molecular complexity index is 1380. The summed E-state index contributed by atoms with van der Waals surface area (Å²) in [7, 11) is 5.23. The Morgan fingerprint density at radius 2 is 1.82 bits per heavy atom. The van der Waals surface area contributed by atoms with Gasteiger partial charge in [-0.1, -0.05) is 6.07 Å². The fourth-order valence-electron chi connectivity index (χ4n) is 4.39. The molecule has 1 heterocycles. The number of rotatable bonds is 9. The molecule has 40 heavy (non-hydrogen) atoms. The summed E-state index contributed by atoms with van der Waals surface area (Å²) in [6.45, 7) is 0.813. The van der Waals surface area contributed by atoms with Gasteiger partial charge in [-0.3, -0.25) is 14.6 Å². The highest BCUT2D eigenvalue weighted by atomic mass is 19.4. The predicted octanol–water partition coefficient (Wildman–Crippen LogP) is 4.94. The molecule has 1 aliphatic carbocycles. The van der Waals surface area contributed by atoms with Gasteiger partial charge in [-0.15, -0.1) is 0 Å². The van der Waals surface area contributed by atoms with Crippen LogP contribution < -0.4 is 20.1 Å². The summed E-state index contributed by atoms with van der Waals surface area (Å²) >= 11 is 0. The van der Waals surface area contributed by atoms with Gasteiger partial charge in [0.25, 0.3) is 5.91 Å². The second-order valence-corrected chi connectivity index (χ2v) is 9.78. The van der Waals surface area contributed by atoms with E-state index in [4.69, 9.17) is 9.47 Å². The highest BCUT2D eigenvalue weighted by Crippen LogP contribution is 2.36. The van der Waals surface area contributed by atoms with E-state index in [-0.39, 0.29) is 35.6 Å². The number of aromatic nitrogens is 1. The molecule has 0 saturated carbocycles. The van der Waals surface area contributed by atoms with E-state index in [1.165, 1.54) is 25.4 Å². The van der Waals surface area contributed by atoms with Crippen molar-refractivity contribution in [2.45, 2.75) is 25.4 Å². The average Bonchev–Trinajstić information content (AvgIpc) is 2.92. The van der Waals surface area contributed by atoms with Crippen molar-refractivity contribution in [2.24, 2.45) is 5.92 Å². The zero-order valence-electron chi connectivity index (χ0n) is 22.5. The van der Waals surface area contributed by atoms with Gasteiger partial charge in [0.1, 0.15) is 29.5 Å². The molecule has 1 atom stereocenters. The second-order valence-electron chi connectivity index (χ2n) is 9.78. The highest BCUT2D eigenvalue weighted by Gasteiger charge is 2.32. The lowest BCUT2D eigenvalue weighted by Gasteiger charge is -2.25. The van der Waals surface area contributed by atoms with Crippen LogP contribution in [0, 0.1) is 5.92 Å². The van der Waals surface area contributed by atoms with Crippen molar-refractivity contribution in [1.29, 1.82) is 0 Å². The molecule has 0 bridgehead atoms. The number of alkyl halides is 3. The molecular weight excluding hydrogens is 525 g/mol. The molecule has 212 valence electrons. The van der Waals surface area contributed by atoms with Crippen LogP contribution in [0.3, 0.4) is 0 Å². The first kappa shape index (κ1) is 28.9. The van der Waals surface area contributed by atoms with E-state index >= 15 is 0 Å². The van der Waals surface area contributed by atoms with Gasteiger partial charge in [0.15, 0.2) is 0 Å². The van der Waals surface area contributed by atoms with Crippen LogP contribution in [-0.2, 0) is 23.8 Å². The minimum Gasteiger partial charge on any atom is -0.490 e. The largest absolute Gasteiger partial charge is 0.490 e. The van der Waals surface area contributed by atoms with Crippen LogP contribution in [0.25, 0.3) is 0 Å². The van der Waals surface area contributed by atoms with Gasteiger partial charge in [-0.05, 0) is 80.9 Å². The standard InChI is InChI=1S/C29H31F3N4O4/c1-33-28(38)25-17-23(10-11-34-25)40-22-8-6-18-4-5-19(14-20(18)15-22)27(37)35-24-16-21(29(30,31)32)7-9-26(24)39-13-12-36(2)3/h6-11,15-17,19H,4-5,12-14H2,1-3H3,(H,33,38)(H,35,37). The van der Waals surface area contributed by atoms with E-state index in [9.17, 15) is 22.8 Å². The number of halogens is 3. The Kier molecular flexibility index (Phi) is 8.93. The third-order valence-corrected chi connectivity index (χ3v) is 6.56. The van der Waals surface area contributed by atoms with Crippen molar-refractivity contribution in [2.75, 3.05) is 39.6 Å². The Balaban J connectivity index is 1.49. The molecule has 2 amide bonds. The fourth-order valence-corrected chi connectivity index (χ4v) is 4.39. The third kappa shape index (κ3) is 7.29. The summed E-state index contributed by atoms with van der Waals surface area (Å²) in [5, 5.41) is 5.20. The number of anilines is 1. The van der Waals surface area contributed by atoms with Gasteiger partial charge in [-0.25, -0.2) is 0 Å². The third-order valence-electron chi connectivity index (χ3n) is 6.56. The SMILES string of the molecule is CNC(=O)c1cc(Oc2ccc3c(c2)CC(C(=O)Nc2cc(C(F)(F)F)ccc2OCCN(C)C)CC3)ccn1. The number of fused-ring (bicyclic) bond motifs is 1. The topological polar surface area (TPSA) is 92.8 Å². The number of ether oxygens (including phenoxy) is 2. The first-order valence-electron chi connectivity index (χ1n) is 12.8. The normalized spacial score (nSPS) is 14.8. The van der Waals surface area contributed by atoms with Crippen molar-refractivity contribution >= 4 is 17.5 Å². The number of nitrogens with zero attached hydrogens (tertiary/aromatic N) is 2. The molecule has 2 N–H and O–H groups in total. The quantitative estimate of drug-likeness (QED) is 0.388. The summed E-state index contributed by atoms with van der Waals surface area (Å²) in [6, 6.07) is 11.9. The minimum absolute atomic E-state index is 0.00827. The lowest BCUT2D eigenvalue weighted by molar-refractivity contribution is -0.137.